The van der Waals surface area contributed by atoms with E-state index in [1.165, 1.54) is 0 Å². The van der Waals surface area contributed by atoms with E-state index in [4.69, 9.17) is 0 Å². The van der Waals surface area contributed by atoms with E-state index in [2.05, 4.69) is 5.32 Å². The number of amides is 1. The van der Waals surface area contributed by atoms with Gasteiger partial charge in [0.25, 0.3) is 0 Å². The zero-order valence-corrected chi connectivity index (χ0v) is 8.56. The van der Waals surface area contributed by atoms with Gasteiger partial charge in [0.15, 0.2) is 0 Å². The number of carbonyl (C=O) groups is 2. The van der Waals surface area contributed by atoms with Gasteiger partial charge < -0.3 is 5.32 Å². The monoisotopic (exact) mass is 185 g/mol. The summed E-state index contributed by atoms with van der Waals surface area (Å²) in [6.45, 7) is 4.38. The van der Waals surface area contributed by atoms with Crippen molar-refractivity contribution in [3.63, 3.8) is 0 Å². The number of nitrogens with one attached hydrogen (secondary N) is 1. The molecule has 0 saturated carbocycles. The Balaban J connectivity index is 3.31. The van der Waals surface area contributed by atoms with E-state index >= 15 is 0 Å². The van der Waals surface area contributed by atoms with E-state index in [1.807, 2.05) is 13.8 Å². The molecular formula is C10H19NO2. The minimum atomic E-state index is 0.0609. The summed E-state index contributed by atoms with van der Waals surface area (Å²) >= 11 is 0. The number of carbonyl (C=O) groups excluding carboxylic acids is 2. The molecule has 0 rings (SSSR count). The van der Waals surface area contributed by atoms with Crippen molar-refractivity contribution < 1.29 is 9.59 Å². The summed E-state index contributed by atoms with van der Waals surface area (Å²) in [5.74, 6) is 0.265. The molecular weight excluding hydrogens is 166 g/mol. The Kier molecular flexibility index (Phi) is 7.26. The molecule has 0 unspecified atom stereocenters. The van der Waals surface area contributed by atoms with Crippen LogP contribution in [0.2, 0.25) is 0 Å². The van der Waals surface area contributed by atoms with E-state index in [0.29, 0.717) is 25.8 Å². The molecule has 13 heavy (non-hydrogen) atoms. The van der Waals surface area contributed by atoms with Crippen molar-refractivity contribution in [2.45, 2.75) is 46.0 Å². The summed E-state index contributed by atoms with van der Waals surface area (Å²) in [5.41, 5.74) is 0. The van der Waals surface area contributed by atoms with Crippen LogP contribution in [0.15, 0.2) is 0 Å². The number of hydrogen-bond donors (Lipinski definition) is 1. The fourth-order valence-electron chi connectivity index (χ4n) is 0.944. The van der Waals surface area contributed by atoms with Gasteiger partial charge in [-0.05, 0) is 6.42 Å². The van der Waals surface area contributed by atoms with Gasteiger partial charge in [0.1, 0.15) is 5.78 Å². The summed E-state index contributed by atoms with van der Waals surface area (Å²) < 4.78 is 0. The van der Waals surface area contributed by atoms with Crippen molar-refractivity contribution in [1.82, 2.24) is 5.32 Å². The first kappa shape index (κ1) is 12.1. The van der Waals surface area contributed by atoms with Gasteiger partial charge in [0.2, 0.25) is 5.91 Å². The highest BCUT2D eigenvalue weighted by atomic mass is 16.1. The van der Waals surface area contributed by atoms with E-state index in [0.717, 1.165) is 12.8 Å². The third kappa shape index (κ3) is 7.50. The van der Waals surface area contributed by atoms with Crippen LogP contribution >= 0.6 is 0 Å². The zero-order chi connectivity index (χ0) is 10.1. The van der Waals surface area contributed by atoms with Gasteiger partial charge in [0.05, 0.1) is 0 Å². The first-order chi connectivity index (χ1) is 6.20. The van der Waals surface area contributed by atoms with Crippen LogP contribution in [0.5, 0.6) is 0 Å². The lowest BCUT2D eigenvalue weighted by atomic mass is 10.2. The first-order valence-corrected chi connectivity index (χ1v) is 4.99. The first-order valence-electron chi connectivity index (χ1n) is 4.99. The van der Waals surface area contributed by atoms with Crippen LogP contribution < -0.4 is 5.32 Å². The Bertz CT molecular complexity index is 166. The van der Waals surface area contributed by atoms with Crippen molar-refractivity contribution in [1.29, 1.82) is 0 Å². The maximum Gasteiger partial charge on any atom is 0.220 e. The second-order valence-electron chi connectivity index (χ2n) is 3.10. The second-order valence-corrected chi connectivity index (χ2v) is 3.10. The second kappa shape index (κ2) is 7.77. The molecule has 1 amide bonds. The van der Waals surface area contributed by atoms with Crippen LogP contribution in [-0.4, -0.2) is 18.2 Å². The highest BCUT2D eigenvalue weighted by Gasteiger charge is 2.01. The SMILES string of the molecule is CCCCC(=O)NCCC(=O)CC. The molecule has 0 aliphatic heterocycles. The summed E-state index contributed by atoms with van der Waals surface area (Å²) in [5, 5.41) is 2.72. The highest BCUT2D eigenvalue weighted by molar-refractivity contribution is 5.80. The van der Waals surface area contributed by atoms with Crippen LogP contribution in [0, 0.1) is 0 Å². The van der Waals surface area contributed by atoms with Crippen molar-refractivity contribution in [3.8, 4) is 0 Å². The molecule has 3 nitrogen and oxygen atoms in total. The summed E-state index contributed by atoms with van der Waals surface area (Å²) in [7, 11) is 0. The van der Waals surface area contributed by atoms with Gasteiger partial charge in [-0.2, -0.15) is 0 Å². The summed E-state index contributed by atoms with van der Waals surface area (Å²) in [6, 6.07) is 0. The predicted octanol–water partition coefficient (Wildman–Crippen LogP) is 1.66. The lowest BCUT2D eigenvalue weighted by Gasteiger charge is -2.02. The van der Waals surface area contributed by atoms with Crippen LogP contribution in [0.1, 0.15) is 46.0 Å². The molecule has 0 fully saturated rings. The Morgan fingerprint density at radius 2 is 1.85 bits per heavy atom. The Morgan fingerprint density at radius 1 is 1.15 bits per heavy atom. The van der Waals surface area contributed by atoms with Crippen LogP contribution in [0.3, 0.4) is 0 Å². The molecule has 0 aliphatic carbocycles. The number of ketones is 1. The Hall–Kier alpha value is -0.860. The number of hydrogen-bond acceptors (Lipinski definition) is 2. The molecule has 1 N–H and O–H groups in total. The number of unbranched alkanes of at least 4 members (excludes halogenated alkanes) is 1. The largest absolute Gasteiger partial charge is 0.356 e. The van der Waals surface area contributed by atoms with Crippen molar-refractivity contribution in [2.75, 3.05) is 6.54 Å². The molecule has 0 aliphatic rings. The molecule has 0 radical (unpaired) electrons. The summed E-state index contributed by atoms with van der Waals surface area (Å²) in [6.07, 6.45) is 3.56. The molecule has 0 atom stereocenters. The van der Waals surface area contributed by atoms with Crippen LogP contribution in [0.4, 0.5) is 0 Å². The van der Waals surface area contributed by atoms with Gasteiger partial charge in [-0.15, -0.1) is 0 Å². The maximum absolute atomic E-state index is 11.0. The Morgan fingerprint density at radius 3 is 2.38 bits per heavy atom. The third-order valence-electron chi connectivity index (χ3n) is 1.88. The van der Waals surface area contributed by atoms with Gasteiger partial charge >= 0.3 is 0 Å². The highest BCUT2D eigenvalue weighted by Crippen LogP contribution is 1.93. The minimum absolute atomic E-state index is 0.0609. The molecule has 0 aromatic heterocycles. The smallest absolute Gasteiger partial charge is 0.220 e. The normalized spacial score (nSPS) is 9.69. The van der Waals surface area contributed by atoms with Crippen molar-refractivity contribution >= 4 is 11.7 Å². The van der Waals surface area contributed by atoms with Gasteiger partial charge in [-0.1, -0.05) is 20.3 Å². The molecule has 0 saturated heterocycles. The van der Waals surface area contributed by atoms with Gasteiger partial charge in [0, 0.05) is 25.8 Å². The van der Waals surface area contributed by atoms with Crippen molar-refractivity contribution in [2.24, 2.45) is 0 Å². The average molecular weight is 185 g/mol. The topological polar surface area (TPSA) is 46.2 Å². The van der Waals surface area contributed by atoms with Gasteiger partial charge in [-0.3, -0.25) is 9.59 Å². The lowest BCUT2D eigenvalue weighted by molar-refractivity contribution is -0.121. The number of Topliss-reactive ketones (excluding diaryl/α,β-unsaturated/α-hetero) is 1. The molecule has 76 valence electrons. The van der Waals surface area contributed by atoms with Crippen LogP contribution in [0.25, 0.3) is 0 Å². The number of rotatable bonds is 7. The minimum Gasteiger partial charge on any atom is -0.356 e. The van der Waals surface area contributed by atoms with Gasteiger partial charge in [-0.25, -0.2) is 0 Å². The fourth-order valence-corrected chi connectivity index (χ4v) is 0.944. The van der Waals surface area contributed by atoms with Crippen LogP contribution in [-0.2, 0) is 9.59 Å². The maximum atomic E-state index is 11.0. The van der Waals surface area contributed by atoms with E-state index < -0.39 is 0 Å². The molecule has 0 bridgehead atoms. The standard InChI is InChI=1S/C10H19NO2/c1-3-5-6-10(13)11-8-7-9(12)4-2/h3-8H2,1-2H3,(H,11,13). The van der Waals surface area contributed by atoms with E-state index in [1.54, 1.807) is 0 Å². The zero-order valence-electron chi connectivity index (χ0n) is 8.56. The third-order valence-corrected chi connectivity index (χ3v) is 1.88. The van der Waals surface area contributed by atoms with E-state index in [9.17, 15) is 9.59 Å². The average Bonchev–Trinajstić information content (AvgIpc) is 2.14. The van der Waals surface area contributed by atoms with Crippen molar-refractivity contribution in [3.05, 3.63) is 0 Å². The molecule has 0 spiro atoms. The quantitative estimate of drug-likeness (QED) is 0.655. The molecule has 0 heterocycles. The Labute approximate surface area is 79.9 Å². The lowest BCUT2D eigenvalue weighted by Crippen LogP contribution is -2.25. The molecule has 0 aromatic carbocycles. The molecule has 0 aromatic rings. The fraction of sp³-hybridized carbons (Fsp3) is 0.800. The predicted molar refractivity (Wildman–Crippen MR) is 52.4 cm³/mol. The van der Waals surface area contributed by atoms with E-state index in [-0.39, 0.29) is 11.7 Å². The molecule has 3 heteroatoms. The summed E-state index contributed by atoms with van der Waals surface area (Å²) in [4.78, 5) is 21.9.